The van der Waals surface area contributed by atoms with Gasteiger partial charge in [0.05, 0.1) is 0 Å². The number of nitrogens with one attached hydrogen (secondary N) is 2. The molecule has 2 N–H and O–H groups in total. The first-order valence-corrected chi connectivity index (χ1v) is 7.69. The first-order valence-electron chi connectivity index (χ1n) is 6.54. The van der Waals surface area contributed by atoms with Crippen LogP contribution < -0.4 is 10.6 Å². The lowest BCUT2D eigenvalue weighted by atomic mass is 10.2. The molecule has 0 radical (unpaired) electrons. The predicted molar refractivity (Wildman–Crippen MR) is 86.9 cm³/mol. The summed E-state index contributed by atoms with van der Waals surface area (Å²) >= 11 is 1.94. The minimum Gasteiger partial charge on any atom is -0.355 e. The standard InChI is InChI=1S/C12H23N3OS.2ClH/c1-15(11-2-3-11)6-4-14-12(16)8-10-9-17-7-5-13-10;;/h10-11,13H,2-9H2,1H3,(H,14,16);2*1H. The van der Waals surface area contributed by atoms with Gasteiger partial charge in [0.1, 0.15) is 0 Å². The van der Waals surface area contributed by atoms with Crippen molar-refractivity contribution in [1.82, 2.24) is 15.5 Å². The molecule has 1 saturated heterocycles. The molecule has 0 spiro atoms. The van der Waals surface area contributed by atoms with Gasteiger partial charge in [0.25, 0.3) is 0 Å². The SMILES string of the molecule is CN(CCNC(=O)CC1CSCCN1)C1CC1.Cl.Cl. The molecule has 2 aliphatic rings. The Kier molecular flexibility index (Phi) is 10.3. The predicted octanol–water partition coefficient (Wildman–Crippen LogP) is 1.14. The second-order valence-electron chi connectivity index (χ2n) is 4.99. The smallest absolute Gasteiger partial charge is 0.221 e. The average Bonchev–Trinajstić information content (AvgIpc) is 3.14. The van der Waals surface area contributed by atoms with Gasteiger partial charge in [-0.05, 0) is 19.9 Å². The second-order valence-corrected chi connectivity index (χ2v) is 6.14. The average molecular weight is 330 g/mol. The number of nitrogens with zero attached hydrogens (tertiary/aromatic N) is 1. The van der Waals surface area contributed by atoms with Gasteiger partial charge in [0.15, 0.2) is 0 Å². The Morgan fingerprint density at radius 2 is 2.16 bits per heavy atom. The summed E-state index contributed by atoms with van der Waals surface area (Å²) in [6.45, 7) is 2.79. The Morgan fingerprint density at radius 3 is 2.74 bits per heavy atom. The monoisotopic (exact) mass is 329 g/mol. The number of amides is 1. The third kappa shape index (κ3) is 7.61. The molecule has 1 aliphatic heterocycles. The van der Waals surface area contributed by atoms with E-state index in [1.54, 1.807) is 0 Å². The van der Waals surface area contributed by atoms with Crippen molar-refractivity contribution in [2.45, 2.75) is 31.3 Å². The van der Waals surface area contributed by atoms with Gasteiger partial charge in [0.2, 0.25) is 5.91 Å². The number of carbonyl (C=O) groups excluding carboxylic acids is 1. The van der Waals surface area contributed by atoms with Crippen LogP contribution in [-0.2, 0) is 4.79 Å². The van der Waals surface area contributed by atoms with Crippen LogP contribution in [0, 0.1) is 0 Å². The van der Waals surface area contributed by atoms with Crippen molar-refractivity contribution in [1.29, 1.82) is 0 Å². The maximum absolute atomic E-state index is 11.7. The first-order chi connectivity index (χ1) is 8.25. The van der Waals surface area contributed by atoms with Gasteiger partial charge < -0.3 is 15.5 Å². The molecule has 19 heavy (non-hydrogen) atoms. The molecule has 1 aliphatic carbocycles. The molecule has 1 atom stereocenters. The van der Waals surface area contributed by atoms with E-state index in [1.807, 2.05) is 11.8 Å². The zero-order valence-electron chi connectivity index (χ0n) is 11.4. The molecule has 1 heterocycles. The molecule has 7 heteroatoms. The molecule has 114 valence electrons. The first kappa shape index (κ1) is 19.3. The lowest BCUT2D eigenvalue weighted by Gasteiger charge is -2.22. The van der Waals surface area contributed by atoms with Crippen LogP contribution in [0.2, 0.25) is 0 Å². The molecular weight excluding hydrogens is 305 g/mol. The van der Waals surface area contributed by atoms with Crippen molar-refractivity contribution in [3.8, 4) is 0 Å². The van der Waals surface area contributed by atoms with E-state index in [-0.39, 0.29) is 30.7 Å². The van der Waals surface area contributed by atoms with Crippen molar-refractivity contribution in [3.05, 3.63) is 0 Å². The lowest BCUT2D eigenvalue weighted by molar-refractivity contribution is -0.121. The summed E-state index contributed by atoms with van der Waals surface area (Å²) in [6.07, 6.45) is 3.28. The highest BCUT2D eigenvalue weighted by molar-refractivity contribution is 7.99. The Hall–Kier alpha value is 0.320. The van der Waals surface area contributed by atoms with Crippen LogP contribution in [0.4, 0.5) is 0 Å². The fourth-order valence-corrected chi connectivity index (χ4v) is 3.07. The lowest BCUT2D eigenvalue weighted by Crippen LogP contribution is -2.42. The zero-order valence-corrected chi connectivity index (χ0v) is 13.8. The van der Waals surface area contributed by atoms with Crippen LogP contribution >= 0.6 is 36.6 Å². The molecule has 0 aromatic rings. The van der Waals surface area contributed by atoms with E-state index in [1.165, 1.54) is 18.6 Å². The third-order valence-corrected chi connectivity index (χ3v) is 4.52. The van der Waals surface area contributed by atoms with Gasteiger partial charge in [0, 0.05) is 49.6 Å². The van der Waals surface area contributed by atoms with E-state index < -0.39 is 0 Å². The van der Waals surface area contributed by atoms with Gasteiger partial charge >= 0.3 is 0 Å². The van der Waals surface area contributed by atoms with E-state index in [2.05, 4.69) is 22.6 Å². The topological polar surface area (TPSA) is 44.4 Å². The minimum atomic E-state index is 0. The zero-order chi connectivity index (χ0) is 12.1. The Morgan fingerprint density at radius 1 is 1.42 bits per heavy atom. The maximum Gasteiger partial charge on any atom is 0.221 e. The molecular formula is C12H25Cl2N3OS. The van der Waals surface area contributed by atoms with Crippen LogP contribution in [-0.4, -0.2) is 61.1 Å². The van der Waals surface area contributed by atoms with Gasteiger partial charge in [-0.1, -0.05) is 0 Å². The molecule has 2 fully saturated rings. The second kappa shape index (κ2) is 10.1. The highest BCUT2D eigenvalue weighted by Gasteiger charge is 2.25. The van der Waals surface area contributed by atoms with E-state index >= 15 is 0 Å². The molecule has 0 bridgehead atoms. The number of hydrogen-bond acceptors (Lipinski definition) is 4. The maximum atomic E-state index is 11.7. The van der Waals surface area contributed by atoms with Crippen molar-refractivity contribution >= 4 is 42.5 Å². The summed E-state index contributed by atoms with van der Waals surface area (Å²) in [5, 5.41) is 6.40. The third-order valence-electron chi connectivity index (χ3n) is 3.39. The van der Waals surface area contributed by atoms with Crippen LogP contribution in [0.15, 0.2) is 0 Å². The Balaban J connectivity index is 0.00000162. The van der Waals surface area contributed by atoms with Gasteiger partial charge in [-0.25, -0.2) is 0 Å². The summed E-state index contributed by atoms with van der Waals surface area (Å²) in [4.78, 5) is 14.0. The van der Waals surface area contributed by atoms with Crippen LogP contribution in [0.3, 0.4) is 0 Å². The molecule has 4 nitrogen and oxygen atoms in total. The number of thioether (sulfide) groups is 1. The summed E-state index contributed by atoms with van der Waals surface area (Å²) in [5.41, 5.74) is 0. The summed E-state index contributed by atoms with van der Waals surface area (Å²) in [7, 11) is 2.14. The normalized spacial score (nSPS) is 22.3. The highest BCUT2D eigenvalue weighted by atomic mass is 35.5. The molecule has 2 rings (SSSR count). The Labute approximate surface area is 132 Å². The van der Waals surface area contributed by atoms with Crippen LogP contribution in [0.5, 0.6) is 0 Å². The fourth-order valence-electron chi connectivity index (χ4n) is 2.12. The molecule has 1 unspecified atom stereocenters. The number of hydrogen-bond donors (Lipinski definition) is 2. The van der Waals surface area contributed by atoms with Gasteiger partial charge in [-0.3, -0.25) is 4.79 Å². The summed E-state index contributed by atoms with van der Waals surface area (Å²) in [5.74, 6) is 2.42. The largest absolute Gasteiger partial charge is 0.355 e. The van der Waals surface area contributed by atoms with Crippen molar-refractivity contribution in [2.24, 2.45) is 0 Å². The van der Waals surface area contributed by atoms with Crippen molar-refractivity contribution in [2.75, 3.05) is 38.2 Å². The molecule has 1 amide bonds. The number of likely N-dealkylation sites (N-methyl/N-ethyl adjacent to an activating group) is 1. The van der Waals surface area contributed by atoms with E-state index in [0.717, 1.165) is 31.4 Å². The van der Waals surface area contributed by atoms with Crippen molar-refractivity contribution < 1.29 is 4.79 Å². The number of rotatable bonds is 6. The highest BCUT2D eigenvalue weighted by Crippen LogP contribution is 2.24. The number of halogens is 2. The fraction of sp³-hybridized carbons (Fsp3) is 0.917. The summed E-state index contributed by atoms with van der Waals surface area (Å²) in [6, 6.07) is 1.15. The molecule has 1 saturated carbocycles. The Bertz CT molecular complexity index is 261. The van der Waals surface area contributed by atoms with Gasteiger partial charge in [-0.15, -0.1) is 24.8 Å². The number of carbonyl (C=O) groups is 1. The van der Waals surface area contributed by atoms with E-state index in [0.29, 0.717) is 12.5 Å². The quantitative estimate of drug-likeness (QED) is 0.767. The van der Waals surface area contributed by atoms with Crippen molar-refractivity contribution in [3.63, 3.8) is 0 Å². The van der Waals surface area contributed by atoms with E-state index in [4.69, 9.17) is 0 Å². The molecule has 0 aromatic carbocycles. The molecule has 0 aromatic heterocycles. The van der Waals surface area contributed by atoms with E-state index in [9.17, 15) is 4.79 Å². The summed E-state index contributed by atoms with van der Waals surface area (Å²) < 4.78 is 0. The van der Waals surface area contributed by atoms with Crippen LogP contribution in [0.1, 0.15) is 19.3 Å². The van der Waals surface area contributed by atoms with Gasteiger partial charge in [-0.2, -0.15) is 11.8 Å². The minimum absolute atomic E-state index is 0. The van der Waals surface area contributed by atoms with Crippen LogP contribution in [0.25, 0.3) is 0 Å².